The Morgan fingerprint density at radius 3 is 2.35 bits per heavy atom. The van der Waals surface area contributed by atoms with Crippen molar-refractivity contribution in [3.63, 3.8) is 0 Å². The predicted molar refractivity (Wildman–Crippen MR) is 132 cm³/mol. The Balaban J connectivity index is 1.63. The van der Waals surface area contributed by atoms with Crippen molar-refractivity contribution in [2.24, 2.45) is 14.1 Å². The number of nitrogens with zero attached hydrogens (tertiary/aromatic N) is 4. The van der Waals surface area contributed by atoms with Gasteiger partial charge in [0.1, 0.15) is 0 Å². The molecule has 10 nitrogen and oxygen atoms in total. The van der Waals surface area contributed by atoms with E-state index in [1.807, 2.05) is 37.4 Å². The monoisotopic (exact) mass is 487 g/mol. The number of aromatic nitrogens is 2. The average Bonchev–Trinajstić information content (AvgIpc) is 2.83. The van der Waals surface area contributed by atoms with Crippen molar-refractivity contribution < 1.29 is 13.2 Å². The van der Waals surface area contributed by atoms with Gasteiger partial charge in [0.05, 0.1) is 22.3 Å². The summed E-state index contributed by atoms with van der Waals surface area (Å²) < 4.78 is 29.1. The van der Waals surface area contributed by atoms with Gasteiger partial charge >= 0.3 is 5.69 Å². The Morgan fingerprint density at radius 1 is 1.00 bits per heavy atom. The molecule has 0 saturated carbocycles. The van der Waals surface area contributed by atoms with Crippen LogP contribution in [0, 0.1) is 0 Å². The average molecular weight is 488 g/mol. The van der Waals surface area contributed by atoms with Gasteiger partial charge < -0.3 is 10.2 Å². The molecule has 182 valence electrons. The van der Waals surface area contributed by atoms with Crippen molar-refractivity contribution >= 4 is 32.5 Å². The van der Waals surface area contributed by atoms with Gasteiger partial charge in [0.15, 0.2) is 0 Å². The Kier molecular flexibility index (Phi) is 7.57. The fourth-order valence-corrected chi connectivity index (χ4v) is 4.77. The normalized spacial score (nSPS) is 11.7. The summed E-state index contributed by atoms with van der Waals surface area (Å²) in [4.78, 5) is 38.8. The van der Waals surface area contributed by atoms with Crippen LogP contribution in [0.15, 0.2) is 63.0 Å². The van der Waals surface area contributed by atoms with Gasteiger partial charge in [-0.25, -0.2) is 13.2 Å². The second-order valence-electron chi connectivity index (χ2n) is 8.11. The number of nitrogens with one attached hydrogen (secondary N) is 1. The maximum atomic E-state index is 13.0. The number of hydrogen-bond donors (Lipinski definition) is 1. The molecule has 2 aromatic carbocycles. The smallest absolute Gasteiger partial charge is 0.330 e. The number of benzene rings is 2. The summed E-state index contributed by atoms with van der Waals surface area (Å²) in [6.07, 6.45) is 0.695. The number of sulfonamides is 1. The van der Waals surface area contributed by atoms with Crippen molar-refractivity contribution in [1.29, 1.82) is 0 Å². The number of likely N-dealkylation sites (N-methyl/N-ethyl adjacent to an activating group) is 1. The minimum Gasteiger partial charge on any atom is -0.375 e. The molecule has 0 atom stereocenters. The first kappa shape index (κ1) is 25.2. The van der Waals surface area contributed by atoms with Crippen LogP contribution in [0.5, 0.6) is 0 Å². The lowest BCUT2D eigenvalue weighted by molar-refractivity contribution is -0.121. The molecule has 0 bridgehead atoms. The standard InChI is InChI=1S/C23H29N5O5S/c1-25(17-9-6-5-7-10-17)14-8-13-24-21(29)16-26(2)34(32,33)18-11-12-20-19(15-18)22(30)28(4)23(31)27(20)3/h5-7,9-12,15H,8,13-14,16H2,1-4H3,(H,24,29). The number of amides is 1. The Hall–Kier alpha value is -3.44. The molecule has 1 heterocycles. The van der Waals surface area contributed by atoms with Gasteiger partial charge in [0, 0.05) is 47.0 Å². The highest BCUT2D eigenvalue weighted by molar-refractivity contribution is 7.89. The first-order valence-corrected chi connectivity index (χ1v) is 12.2. The molecular weight excluding hydrogens is 458 g/mol. The van der Waals surface area contributed by atoms with Crippen LogP contribution in [0.3, 0.4) is 0 Å². The van der Waals surface area contributed by atoms with Crippen molar-refractivity contribution in [1.82, 2.24) is 18.8 Å². The van der Waals surface area contributed by atoms with E-state index < -0.39 is 27.2 Å². The molecule has 0 radical (unpaired) electrons. The van der Waals surface area contributed by atoms with E-state index in [1.54, 1.807) is 0 Å². The predicted octanol–water partition coefficient (Wildman–Crippen LogP) is 0.500. The summed E-state index contributed by atoms with van der Waals surface area (Å²) in [6.45, 7) is 0.775. The lowest BCUT2D eigenvalue weighted by atomic mass is 10.2. The first-order chi connectivity index (χ1) is 16.0. The summed E-state index contributed by atoms with van der Waals surface area (Å²) in [6, 6.07) is 13.8. The fraction of sp³-hybridized carbons (Fsp3) is 0.348. The summed E-state index contributed by atoms with van der Waals surface area (Å²) in [7, 11) is 2.08. The third-order valence-corrected chi connectivity index (χ3v) is 7.50. The molecule has 0 fully saturated rings. The lowest BCUT2D eigenvalue weighted by Gasteiger charge is -2.20. The second kappa shape index (κ2) is 10.2. The second-order valence-corrected chi connectivity index (χ2v) is 10.2. The van der Waals surface area contributed by atoms with E-state index in [9.17, 15) is 22.8 Å². The zero-order valence-corrected chi connectivity index (χ0v) is 20.5. The molecule has 3 aromatic rings. The lowest BCUT2D eigenvalue weighted by Crippen LogP contribution is -2.39. The van der Waals surface area contributed by atoms with E-state index in [2.05, 4.69) is 10.2 Å². The minimum atomic E-state index is -4.03. The molecule has 3 rings (SSSR count). The Bertz CT molecular complexity index is 1410. The molecule has 1 N–H and O–H groups in total. The molecule has 11 heteroatoms. The topological polar surface area (TPSA) is 114 Å². The molecular formula is C23H29N5O5S. The minimum absolute atomic E-state index is 0.103. The van der Waals surface area contributed by atoms with Gasteiger partial charge in [-0.1, -0.05) is 18.2 Å². The van der Waals surface area contributed by atoms with Crippen molar-refractivity contribution in [2.75, 3.05) is 38.6 Å². The molecule has 0 unspecified atom stereocenters. The van der Waals surface area contributed by atoms with Crippen LogP contribution in [-0.2, 0) is 28.9 Å². The van der Waals surface area contributed by atoms with Crippen LogP contribution in [0.1, 0.15) is 6.42 Å². The molecule has 34 heavy (non-hydrogen) atoms. The van der Waals surface area contributed by atoms with Crippen LogP contribution in [-0.4, -0.2) is 61.5 Å². The molecule has 0 saturated heterocycles. The molecule has 1 aromatic heterocycles. The van der Waals surface area contributed by atoms with E-state index in [0.29, 0.717) is 18.5 Å². The third-order valence-electron chi connectivity index (χ3n) is 5.70. The van der Waals surface area contributed by atoms with E-state index in [1.165, 1.54) is 43.9 Å². The Labute approximate surface area is 198 Å². The maximum Gasteiger partial charge on any atom is 0.330 e. The number of para-hydroxylation sites is 1. The van der Waals surface area contributed by atoms with Gasteiger partial charge in [-0.3, -0.25) is 18.7 Å². The summed E-state index contributed by atoms with van der Waals surface area (Å²) >= 11 is 0. The van der Waals surface area contributed by atoms with Crippen LogP contribution in [0.25, 0.3) is 10.9 Å². The Morgan fingerprint density at radius 2 is 1.68 bits per heavy atom. The van der Waals surface area contributed by atoms with Crippen LogP contribution in [0.2, 0.25) is 0 Å². The van der Waals surface area contributed by atoms with E-state index in [0.717, 1.165) is 21.1 Å². The molecule has 0 aliphatic carbocycles. The number of anilines is 1. The van der Waals surface area contributed by atoms with Gasteiger partial charge in [0.25, 0.3) is 5.56 Å². The first-order valence-electron chi connectivity index (χ1n) is 10.7. The summed E-state index contributed by atoms with van der Waals surface area (Å²) in [5, 5.41) is 2.84. The number of aryl methyl sites for hydroxylation is 1. The molecule has 0 aliphatic heterocycles. The van der Waals surface area contributed by atoms with Gasteiger partial charge in [-0.2, -0.15) is 4.31 Å². The number of carbonyl (C=O) groups excluding carboxylic acids is 1. The van der Waals surface area contributed by atoms with Crippen molar-refractivity contribution in [3.05, 3.63) is 69.4 Å². The number of hydrogen-bond acceptors (Lipinski definition) is 6. The highest BCUT2D eigenvalue weighted by atomic mass is 32.2. The SMILES string of the molecule is CN(CCCNC(=O)CN(C)S(=O)(=O)c1ccc2c(c1)c(=O)n(C)c(=O)n2C)c1ccccc1. The van der Waals surface area contributed by atoms with Crippen LogP contribution in [0.4, 0.5) is 5.69 Å². The number of carbonyl (C=O) groups is 1. The third kappa shape index (κ3) is 5.20. The van der Waals surface area contributed by atoms with Crippen LogP contribution < -0.4 is 21.5 Å². The molecule has 0 spiro atoms. The quantitative estimate of drug-likeness (QED) is 0.440. The fourth-order valence-electron chi connectivity index (χ4n) is 3.61. The number of rotatable bonds is 9. The van der Waals surface area contributed by atoms with Gasteiger partial charge in [0.2, 0.25) is 15.9 Å². The van der Waals surface area contributed by atoms with Crippen molar-refractivity contribution in [2.45, 2.75) is 11.3 Å². The van der Waals surface area contributed by atoms with Gasteiger partial charge in [-0.05, 0) is 36.8 Å². The summed E-state index contributed by atoms with van der Waals surface area (Å²) in [5.74, 6) is -0.424. The molecule has 0 aliphatic rings. The zero-order valence-electron chi connectivity index (χ0n) is 19.7. The van der Waals surface area contributed by atoms with E-state index in [-0.39, 0.29) is 16.8 Å². The highest BCUT2D eigenvalue weighted by Crippen LogP contribution is 2.18. The van der Waals surface area contributed by atoms with E-state index in [4.69, 9.17) is 0 Å². The molecule has 1 amide bonds. The largest absolute Gasteiger partial charge is 0.375 e. The van der Waals surface area contributed by atoms with Gasteiger partial charge in [-0.15, -0.1) is 0 Å². The summed E-state index contributed by atoms with van der Waals surface area (Å²) in [5.41, 5.74) is 0.311. The van der Waals surface area contributed by atoms with E-state index >= 15 is 0 Å². The highest BCUT2D eigenvalue weighted by Gasteiger charge is 2.24. The van der Waals surface area contributed by atoms with Crippen LogP contribution >= 0.6 is 0 Å². The maximum absolute atomic E-state index is 13.0. The zero-order chi connectivity index (χ0) is 25.0. The van der Waals surface area contributed by atoms with Crippen molar-refractivity contribution in [3.8, 4) is 0 Å². The number of fused-ring (bicyclic) bond motifs is 1.